The number of aromatic nitrogens is 2. The number of guanidine groups is 1. The molecular weight excluding hydrogens is 334 g/mol. The predicted molar refractivity (Wildman–Crippen MR) is 101 cm³/mol. The van der Waals surface area contributed by atoms with Crippen LogP contribution in [-0.4, -0.2) is 86.3 Å². The van der Waals surface area contributed by atoms with Gasteiger partial charge in [0.05, 0.1) is 6.61 Å². The van der Waals surface area contributed by atoms with Crippen molar-refractivity contribution in [3.63, 3.8) is 0 Å². The third kappa shape index (κ3) is 6.47. The summed E-state index contributed by atoms with van der Waals surface area (Å²) < 4.78 is 5.27. The van der Waals surface area contributed by atoms with Gasteiger partial charge in [-0.1, -0.05) is 0 Å². The van der Waals surface area contributed by atoms with Crippen LogP contribution in [-0.2, 0) is 9.53 Å². The maximum absolute atomic E-state index is 12.4. The number of amides is 1. The van der Waals surface area contributed by atoms with E-state index >= 15 is 0 Å². The molecule has 1 fully saturated rings. The van der Waals surface area contributed by atoms with Crippen molar-refractivity contribution >= 4 is 17.8 Å². The normalized spacial score (nSPS) is 15.1. The first-order valence-electron chi connectivity index (χ1n) is 9.06. The third-order valence-corrected chi connectivity index (χ3v) is 4.07. The lowest BCUT2D eigenvalue weighted by Gasteiger charge is -2.34. The van der Waals surface area contributed by atoms with Crippen molar-refractivity contribution in [1.82, 2.24) is 25.5 Å². The minimum Gasteiger partial charge on any atom is -0.380 e. The minimum atomic E-state index is 0.149. The molecule has 0 unspecified atom stereocenters. The van der Waals surface area contributed by atoms with Crippen molar-refractivity contribution < 1.29 is 9.53 Å². The molecule has 0 spiro atoms. The van der Waals surface area contributed by atoms with Gasteiger partial charge in [-0.05, 0) is 13.0 Å². The summed E-state index contributed by atoms with van der Waals surface area (Å²) in [6.07, 6.45) is 3.91. The summed E-state index contributed by atoms with van der Waals surface area (Å²) in [4.78, 5) is 29.0. The highest BCUT2D eigenvalue weighted by molar-refractivity contribution is 5.81. The highest BCUT2D eigenvalue weighted by atomic mass is 16.5. The van der Waals surface area contributed by atoms with Crippen LogP contribution in [0.4, 0.5) is 5.95 Å². The zero-order chi connectivity index (χ0) is 18.6. The Bertz CT molecular complexity index is 559. The highest BCUT2D eigenvalue weighted by Crippen LogP contribution is 2.10. The molecule has 0 saturated carbocycles. The molecule has 144 valence electrons. The Balaban J connectivity index is 1.64. The summed E-state index contributed by atoms with van der Waals surface area (Å²) in [7, 11) is 1.71. The zero-order valence-electron chi connectivity index (χ0n) is 15.6. The van der Waals surface area contributed by atoms with E-state index in [0.717, 1.165) is 19.0 Å². The Hall–Kier alpha value is -2.42. The van der Waals surface area contributed by atoms with Gasteiger partial charge in [-0.3, -0.25) is 9.79 Å². The molecule has 9 nitrogen and oxygen atoms in total. The molecule has 1 saturated heterocycles. The predicted octanol–water partition coefficient (Wildman–Crippen LogP) is -0.283. The van der Waals surface area contributed by atoms with Crippen LogP contribution in [0, 0.1) is 0 Å². The van der Waals surface area contributed by atoms with Crippen LogP contribution >= 0.6 is 0 Å². The number of carbonyl (C=O) groups excluding carboxylic acids is 1. The van der Waals surface area contributed by atoms with Gasteiger partial charge in [0.15, 0.2) is 5.96 Å². The molecule has 2 heterocycles. The maximum Gasteiger partial charge on any atom is 0.225 e. The highest BCUT2D eigenvalue weighted by Gasteiger charge is 2.22. The third-order valence-electron chi connectivity index (χ3n) is 4.07. The maximum atomic E-state index is 12.4. The van der Waals surface area contributed by atoms with Gasteiger partial charge >= 0.3 is 0 Å². The average molecular weight is 363 g/mol. The fourth-order valence-electron chi connectivity index (χ4n) is 2.66. The molecule has 2 N–H and O–H groups in total. The Morgan fingerprint density at radius 2 is 1.88 bits per heavy atom. The van der Waals surface area contributed by atoms with Crippen molar-refractivity contribution in [2.24, 2.45) is 4.99 Å². The number of nitrogens with one attached hydrogen (secondary N) is 2. The van der Waals surface area contributed by atoms with Gasteiger partial charge in [0, 0.05) is 71.7 Å². The number of ether oxygens (including phenoxy) is 1. The quantitative estimate of drug-likeness (QED) is 0.372. The number of hydrogen-bond acceptors (Lipinski definition) is 6. The number of rotatable bonds is 8. The van der Waals surface area contributed by atoms with Gasteiger partial charge in [0.1, 0.15) is 0 Å². The van der Waals surface area contributed by atoms with E-state index in [-0.39, 0.29) is 5.91 Å². The summed E-state index contributed by atoms with van der Waals surface area (Å²) in [5, 5.41) is 6.31. The Morgan fingerprint density at radius 1 is 1.19 bits per heavy atom. The first-order valence-corrected chi connectivity index (χ1v) is 9.06. The van der Waals surface area contributed by atoms with E-state index in [4.69, 9.17) is 4.74 Å². The first kappa shape index (κ1) is 19.9. The van der Waals surface area contributed by atoms with Gasteiger partial charge in [-0.25, -0.2) is 9.97 Å². The fraction of sp³-hybridized carbons (Fsp3) is 0.647. The van der Waals surface area contributed by atoms with Crippen LogP contribution in [0.1, 0.15) is 13.3 Å². The molecule has 26 heavy (non-hydrogen) atoms. The number of aliphatic imine (C=N–C) groups is 1. The average Bonchev–Trinajstić information content (AvgIpc) is 2.70. The van der Waals surface area contributed by atoms with E-state index in [2.05, 4.69) is 30.5 Å². The van der Waals surface area contributed by atoms with Crippen LogP contribution in [0.3, 0.4) is 0 Å². The van der Waals surface area contributed by atoms with Crippen molar-refractivity contribution in [3.8, 4) is 0 Å². The van der Waals surface area contributed by atoms with Gasteiger partial charge < -0.3 is 25.2 Å². The van der Waals surface area contributed by atoms with E-state index in [1.807, 2.05) is 11.8 Å². The first-order chi connectivity index (χ1) is 12.7. The van der Waals surface area contributed by atoms with E-state index in [1.54, 1.807) is 25.5 Å². The smallest absolute Gasteiger partial charge is 0.225 e. The number of anilines is 1. The molecule has 2 rings (SSSR count). The summed E-state index contributed by atoms with van der Waals surface area (Å²) in [5.74, 6) is 1.56. The van der Waals surface area contributed by atoms with Crippen LogP contribution < -0.4 is 15.5 Å². The lowest BCUT2D eigenvalue weighted by Crippen LogP contribution is -2.50. The molecule has 1 aliphatic heterocycles. The molecule has 0 aliphatic carbocycles. The van der Waals surface area contributed by atoms with Gasteiger partial charge in [0.2, 0.25) is 11.9 Å². The fourth-order valence-corrected chi connectivity index (χ4v) is 2.66. The molecular formula is C17H29N7O2. The van der Waals surface area contributed by atoms with Gasteiger partial charge in [-0.15, -0.1) is 0 Å². The summed E-state index contributed by atoms with van der Waals surface area (Å²) in [6.45, 7) is 7.42. The van der Waals surface area contributed by atoms with E-state index in [0.29, 0.717) is 51.8 Å². The van der Waals surface area contributed by atoms with E-state index < -0.39 is 0 Å². The van der Waals surface area contributed by atoms with Crippen molar-refractivity contribution in [3.05, 3.63) is 18.5 Å². The molecule has 0 atom stereocenters. The molecule has 0 radical (unpaired) electrons. The van der Waals surface area contributed by atoms with Crippen LogP contribution in [0.5, 0.6) is 0 Å². The topological polar surface area (TPSA) is 95.0 Å². The zero-order valence-corrected chi connectivity index (χ0v) is 15.6. The molecule has 1 aliphatic rings. The Morgan fingerprint density at radius 3 is 2.54 bits per heavy atom. The minimum absolute atomic E-state index is 0.149. The van der Waals surface area contributed by atoms with Gasteiger partial charge in [-0.2, -0.15) is 0 Å². The van der Waals surface area contributed by atoms with Crippen LogP contribution in [0.2, 0.25) is 0 Å². The Labute approximate surface area is 154 Å². The van der Waals surface area contributed by atoms with Crippen molar-refractivity contribution in [2.75, 3.05) is 64.4 Å². The standard InChI is InChI=1S/C17H29N7O2/c1-3-26-14-9-20-16(18-2)19-8-5-15(25)23-10-12-24(13-11-23)17-21-6-4-7-22-17/h4,6-7H,3,5,8-14H2,1-2H3,(H2,18,19,20). The van der Waals surface area contributed by atoms with Crippen LogP contribution in [0.15, 0.2) is 23.5 Å². The second-order valence-electron chi connectivity index (χ2n) is 5.79. The number of carbonyl (C=O) groups is 1. The SMILES string of the molecule is CCOCCNC(=NC)NCCC(=O)N1CCN(c2ncccn2)CC1. The summed E-state index contributed by atoms with van der Waals surface area (Å²) in [5.41, 5.74) is 0. The number of hydrogen-bond donors (Lipinski definition) is 2. The second kappa shape index (κ2) is 11.2. The van der Waals surface area contributed by atoms with Crippen molar-refractivity contribution in [1.29, 1.82) is 0 Å². The van der Waals surface area contributed by atoms with E-state index in [9.17, 15) is 4.79 Å². The summed E-state index contributed by atoms with van der Waals surface area (Å²) >= 11 is 0. The van der Waals surface area contributed by atoms with Crippen LogP contribution in [0.25, 0.3) is 0 Å². The lowest BCUT2D eigenvalue weighted by molar-refractivity contribution is -0.131. The second-order valence-corrected chi connectivity index (χ2v) is 5.79. The monoisotopic (exact) mass is 363 g/mol. The molecule has 9 heteroatoms. The Kier molecular flexibility index (Phi) is 8.61. The lowest BCUT2D eigenvalue weighted by atomic mass is 10.3. The number of piperazine rings is 1. The van der Waals surface area contributed by atoms with Gasteiger partial charge in [0.25, 0.3) is 0 Å². The molecule has 1 aromatic heterocycles. The molecule has 1 amide bonds. The largest absolute Gasteiger partial charge is 0.380 e. The summed E-state index contributed by atoms with van der Waals surface area (Å²) in [6, 6.07) is 1.80. The molecule has 0 aromatic carbocycles. The number of nitrogens with zero attached hydrogens (tertiary/aromatic N) is 5. The van der Waals surface area contributed by atoms with Crippen molar-refractivity contribution in [2.45, 2.75) is 13.3 Å². The van der Waals surface area contributed by atoms with E-state index in [1.165, 1.54) is 0 Å². The molecule has 0 bridgehead atoms. The molecule has 1 aromatic rings.